The van der Waals surface area contributed by atoms with Gasteiger partial charge in [-0.15, -0.1) is 0 Å². The summed E-state index contributed by atoms with van der Waals surface area (Å²) in [5, 5.41) is 31.2. The minimum absolute atomic E-state index is 0.000592. The molecule has 0 spiro atoms. The molecule has 1 rings (SSSR count). The van der Waals surface area contributed by atoms with Gasteiger partial charge in [0.25, 0.3) is 0 Å². The molecule has 1 N–H and O–H groups in total. The summed E-state index contributed by atoms with van der Waals surface area (Å²) in [6.45, 7) is 1.79. The first-order chi connectivity index (χ1) is 11.5. The van der Waals surface area contributed by atoms with Gasteiger partial charge in [-0.05, 0) is 0 Å². The molecule has 0 fully saturated rings. The summed E-state index contributed by atoms with van der Waals surface area (Å²) in [5.41, 5.74) is -1.57. The predicted octanol–water partition coefficient (Wildman–Crippen LogP) is 1.27. The van der Waals surface area contributed by atoms with Crippen LogP contribution in [0.15, 0.2) is 12.1 Å². The quantitative estimate of drug-likeness (QED) is 0.336. The number of nitro benzene ring substituents is 2. The van der Waals surface area contributed by atoms with Gasteiger partial charge in [0.05, 0.1) is 55.0 Å². The molecule has 0 amide bonds. The van der Waals surface area contributed by atoms with Crippen molar-refractivity contribution in [1.82, 2.24) is 0 Å². The van der Waals surface area contributed by atoms with Crippen LogP contribution in [-0.4, -0.2) is 61.7 Å². The van der Waals surface area contributed by atoms with Gasteiger partial charge in [0, 0.05) is 7.11 Å². The van der Waals surface area contributed by atoms with E-state index in [1.54, 1.807) is 7.11 Å². The summed E-state index contributed by atoms with van der Waals surface area (Å²) in [4.78, 5) is 19.7. The molecule has 0 aliphatic carbocycles. The maximum absolute atomic E-state index is 10.8. The van der Waals surface area contributed by atoms with Crippen molar-refractivity contribution in [2.24, 2.45) is 0 Å². The number of benzene rings is 1. The van der Waals surface area contributed by atoms with E-state index in [1.165, 1.54) is 0 Å². The van der Waals surface area contributed by atoms with Crippen LogP contribution in [0.25, 0.3) is 0 Å². The third-order valence-electron chi connectivity index (χ3n) is 2.74. The zero-order valence-electron chi connectivity index (χ0n) is 13.0. The summed E-state index contributed by atoms with van der Waals surface area (Å²) in [6, 6.07) is 1.49. The van der Waals surface area contributed by atoms with E-state index in [0.717, 1.165) is 6.07 Å². The highest BCUT2D eigenvalue weighted by Gasteiger charge is 2.27. The van der Waals surface area contributed by atoms with Gasteiger partial charge in [-0.1, -0.05) is 0 Å². The van der Waals surface area contributed by atoms with Gasteiger partial charge in [-0.2, -0.15) is 0 Å². The number of ether oxygens (including phenoxy) is 4. The summed E-state index contributed by atoms with van der Waals surface area (Å²) in [7, 11) is 1.56. The fourth-order valence-electron chi connectivity index (χ4n) is 1.63. The molecule has 11 nitrogen and oxygen atoms in total. The largest absolute Gasteiger partial charge is 0.504 e. The van der Waals surface area contributed by atoms with Crippen molar-refractivity contribution in [3.05, 3.63) is 32.4 Å². The van der Waals surface area contributed by atoms with Crippen molar-refractivity contribution >= 4 is 11.4 Å². The molecule has 0 bridgehead atoms. The van der Waals surface area contributed by atoms with E-state index in [2.05, 4.69) is 0 Å². The van der Waals surface area contributed by atoms with Gasteiger partial charge in [0.2, 0.25) is 0 Å². The Bertz CT molecular complexity index is 565. The maximum atomic E-state index is 10.8. The number of rotatable bonds is 12. The molecule has 1 aromatic carbocycles. The lowest BCUT2D eigenvalue weighted by molar-refractivity contribution is -0.422. The van der Waals surface area contributed by atoms with Crippen molar-refractivity contribution < 1.29 is 33.9 Å². The average molecular weight is 346 g/mol. The van der Waals surface area contributed by atoms with Crippen LogP contribution in [-0.2, 0) is 14.2 Å². The minimum atomic E-state index is -0.950. The van der Waals surface area contributed by atoms with Crippen molar-refractivity contribution in [2.45, 2.75) is 0 Å². The van der Waals surface area contributed by atoms with Crippen molar-refractivity contribution in [3.8, 4) is 11.5 Å². The molecule has 0 saturated carbocycles. The lowest BCUT2D eigenvalue weighted by Crippen LogP contribution is -2.12. The standard InChI is InChI=1S/C13H18N2O9/c1-21-2-3-22-4-5-23-6-7-24-13-9-11(15(19)20)10(14(17)18)8-12(13)16/h8-9,16H,2-7H2,1H3. The summed E-state index contributed by atoms with van der Waals surface area (Å²) in [6.07, 6.45) is 0. The van der Waals surface area contributed by atoms with E-state index in [0.29, 0.717) is 32.5 Å². The lowest BCUT2D eigenvalue weighted by Gasteiger charge is -2.09. The van der Waals surface area contributed by atoms with Crippen LogP contribution >= 0.6 is 0 Å². The predicted molar refractivity (Wildman–Crippen MR) is 80.4 cm³/mol. The average Bonchev–Trinajstić information content (AvgIpc) is 2.53. The van der Waals surface area contributed by atoms with E-state index in [4.69, 9.17) is 18.9 Å². The second-order valence-electron chi connectivity index (χ2n) is 4.39. The normalized spacial score (nSPS) is 10.5. The Morgan fingerprint density at radius 2 is 1.42 bits per heavy atom. The second-order valence-corrected chi connectivity index (χ2v) is 4.39. The molecule has 0 saturated heterocycles. The van der Waals surface area contributed by atoms with Gasteiger partial charge in [-0.3, -0.25) is 20.2 Å². The van der Waals surface area contributed by atoms with Gasteiger partial charge in [0.1, 0.15) is 6.61 Å². The Kier molecular flexibility index (Phi) is 8.39. The molecule has 24 heavy (non-hydrogen) atoms. The summed E-state index contributed by atoms with van der Waals surface area (Å²) in [5.74, 6) is -0.789. The van der Waals surface area contributed by atoms with E-state index in [-0.39, 0.29) is 19.0 Å². The Hall–Kier alpha value is -2.50. The minimum Gasteiger partial charge on any atom is -0.504 e. The zero-order valence-corrected chi connectivity index (χ0v) is 13.0. The summed E-state index contributed by atoms with van der Waals surface area (Å²) < 4.78 is 20.3. The SMILES string of the molecule is COCCOCCOCCOc1cc([N+](=O)[O-])c([N+](=O)[O-])cc1O. The highest BCUT2D eigenvalue weighted by molar-refractivity contribution is 5.61. The van der Waals surface area contributed by atoms with Crippen LogP contribution in [0, 0.1) is 20.2 Å². The number of aromatic hydroxyl groups is 1. The topological polar surface area (TPSA) is 143 Å². The number of nitro groups is 2. The number of hydrogen-bond acceptors (Lipinski definition) is 9. The van der Waals surface area contributed by atoms with Crippen molar-refractivity contribution in [1.29, 1.82) is 0 Å². The highest BCUT2D eigenvalue weighted by atomic mass is 16.6. The number of phenols is 1. The van der Waals surface area contributed by atoms with E-state index in [1.807, 2.05) is 0 Å². The smallest absolute Gasteiger partial charge is 0.350 e. The van der Waals surface area contributed by atoms with Crippen molar-refractivity contribution in [3.63, 3.8) is 0 Å². The molecule has 0 atom stereocenters. The van der Waals surface area contributed by atoms with Gasteiger partial charge in [-0.25, -0.2) is 0 Å². The van der Waals surface area contributed by atoms with E-state index >= 15 is 0 Å². The van der Waals surface area contributed by atoms with E-state index < -0.39 is 27.0 Å². The maximum Gasteiger partial charge on any atom is 0.350 e. The molecule has 0 aromatic heterocycles. The third-order valence-corrected chi connectivity index (χ3v) is 2.74. The first kappa shape index (κ1) is 19.5. The first-order valence-corrected chi connectivity index (χ1v) is 6.90. The second kappa shape index (κ2) is 10.3. The Labute approximate surface area is 137 Å². The molecule has 0 aliphatic rings. The van der Waals surface area contributed by atoms with Crippen LogP contribution < -0.4 is 4.74 Å². The van der Waals surface area contributed by atoms with Gasteiger partial charge < -0.3 is 24.1 Å². The monoisotopic (exact) mass is 346 g/mol. The van der Waals surface area contributed by atoms with Crippen LogP contribution in [0.4, 0.5) is 11.4 Å². The molecular formula is C13H18N2O9. The fraction of sp³-hybridized carbons (Fsp3) is 0.538. The van der Waals surface area contributed by atoms with Crippen LogP contribution in [0.1, 0.15) is 0 Å². The first-order valence-electron chi connectivity index (χ1n) is 6.90. The number of nitrogens with zero attached hydrogens (tertiary/aromatic N) is 2. The molecule has 134 valence electrons. The molecule has 0 unspecified atom stereocenters. The molecule has 11 heteroatoms. The highest BCUT2D eigenvalue weighted by Crippen LogP contribution is 2.38. The van der Waals surface area contributed by atoms with E-state index in [9.17, 15) is 25.3 Å². The third kappa shape index (κ3) is 6.32. The Morgan fingerprint density at radius 3 is 1.96 bits per heavy atom. The summed E-state index contributed by atoms with van der Waals surface area (Å²) >= 11 is 0. The molecule has 0 aliphatic heterocycles. The molecule has 1 aromatic rings. The van der Waals surface area contributed by atoms with Crippen LogP contribution in [0.5, 0.6) is 11.5 Å². The Morgan fingerprint density at radius 1 is 0.917 bits per heavy atom. The molecule has 0 radical (unpaired) electrons. The van der Waals surface area contributed by atoms with Crippen LogP contribution in [0.3, 0.4) is 0 Å². The lowest BCUT2D eigenvalue weighted by atomic mass is 10.2. The molecular weight excluding hydrogens is 328 g/mol. The zero-order chi connectivity index (χ0) is 17.9. The number of methoxy groups -OCH3 is 1. The van der Waals surface area contributed by atoms with Gasteiger partial charge >= 0.3 is 11.4 Å². The van der Waals surface area contributed by atoms with Crippen molar-refractivity contribution in [2.75, 3.05) is 46.8 Å². The number of phenolic OH excluding ortho intramolecular Hbond substituents is 1. The number of hydrogen-bond donors (Lipinski definition) is 1. The molecule has 0 heterocycles. The fourth-order valence-corrected chi connectivity index (χ4v) is 1.63. The van der Waals surface area contributed by atoms with Gasteiger partial charge in [0.15, 0.2) is 11.5 Å². The Balaban J connectivity index is 2.44. The van der Waals surface area contributed by atoms with Crippen LogP contribution in [0.2, 0.25) is 0 Å².